The first-order valence-corrected chi connectivity index (χ1v) is 9.23. The van der Waals surface area contributed by atoms with Crippen LogP contribution in [0.2, 0.25) is 0 Å². The predicted molar refractivity (Wildman–Crippen MR) is 112 cm³/mol. The number of rotatable bonds is 12. The highest BCUT2D eigenvalue weighted by atomic mass is 16.6. The maximum atomic E-state index is 12.8. The Morgan fingerprint density at radius 1 is 0.909 bits per heavy atom. The Kier molecular flexibility index (Phi) is 8.66. The number of esters is 1. The lowest BCUT2D eigenvalue weighted by Gasteiger charge is -2.18. The monoisotopic (exact) mass is 464 g/mol. The molecule has 12 heteroatoms. The highest BCUT2D eigenvalue weighted by Gasteiger charge is 2.29. The standard InChI is InChI=1S/C21H22NO11/c1-27-15-8-13(14(22(25)26)9-16(15)28-2)10-32-21(24)19(33-11-23)12-6-17(29-3)20(31-5)18(7-12)30-4/h6-9,19H,10H2,1-5H3. The lowest BCUT2D eigenvalue weighted by atomic mass is 10.1. The Morgan fingerprint density at radius 3 is 1.91 bits per heavy atom. The van der Waals surface area contributed by atoms with Crippen molar-refractivity contribution in [3.05, 3.63) is 45.5 Å². The van der Waals surface area contributed by atoms with Gasteiger partial charge in [-0.05, 0) is 18.2 Å². The Bertz CT molecular complexity index is 997. The van der Waals surface area contributed by atoms with E-state index in [1.54, 1.807) is 0 Å². The van der Waals surface area contributed by atoms with Crippen LogP contribution in [0.15, 0.2) is 24.3 Å². The molecule has 0 aliphatic rings. The minimum atomic E-state index is -1.56. The molecule has 0 amide bonds. The van der Waals surface area contributed by atoms with Gasteiger partial charge in [-0.25, -0.2) is 9.59 Å². The van der Waals surface area contributed by atoms with E-state index in [1.165, 1.54) is 60.2 Å². The zero-order chi connectivity index (χ0) is 24.5. The number of nitro benzene ring substituents is 1. The molecule has 0 N–H and O–H groups in total. The van der Waals surface area contributed by atoms with Crippen LogP contribution in [0.25, 0.3) is 0 Å². The fourth-order valence-electron chi connectivity index (χ4n) is 2.97. The maximum absolute atomic E-state index is 12.8. The third kappa shape index (κ3) is 5.53. The van der Waals surface area contributed by atoms with Gasteiger partial charge < -0.3 is 33.2 Å². The molecule has 12 nitrogen and oxygen atoms in total. The van der Waals surface area contributed by atoms with Gasteiger partial charge in [-0.3, -0.25) is 10.1 Å². The van der Waals surface area contributed by atoms with Gasteiger partial charge in [0.25, 0.3) is 5.69 Å². The molecule has 0 saturated carbocycles. The summed E-state index contributed by atoms with van der Waals surface area (Å²) in [5.41, 5.74) is -0.183. The maximum Gasteiger partial charge on any atom is 0.418 e. The van der Waals surface area contributed by atoms with E-state index < -0.39 is 23.6 Å². The van der Waals surface area contributed by atoms with Crippen molar-refractivity contribution in [2.24, 2.45) is 0 Å². The average molecular weight is 464 g/mol. The minimum Gasteiger partial charge on any atom is -0.493 e. The van der Waals surface area contributed by atoms with Crippen molar-refractivity contribution in [1.82, 2.24) is 0 Å². The number of benzene rings is 2. The smallest absolute Gasteiger partial charge is 0.418 e. The van der Waals surface area contributed by atoms with Crippen LogP contribution in [-0.4, -0.2) is 52.9 Å². The average Bonchev–Trinajstić information content (AvgIpc) is 2.83. The van der Waals surface area contributed by atoms with Crippen molar-refractivity contribution >= 4 is 18.1 Å². The molecule has 1 radical (unpaired) electrons. The molecule has 0 bridgehead atoms. The summed E-state index contributed by atoms with van der Waals surface area (Å²) in [6.45, 7) is 0.688. The second-order valence-electron chi connectivity index (χ2n) is 6.24. The van der Waals surface area contributed by atoms with Crippen molar-refractivity contribution in [3.8, 4) is 28.7 Å². The van der Waals surface area contributed by atoms with Gasteiger partial charge in [0.15, 0.2) is 23.0 Å². The summed E-state index contributed by atoms with van der Waals surface area (Å²) in [6, 6.07) is 5.24. The number of ether oxygens (including phenoxy) is 7. The van der Waals surface area contributed by atoms with Gasteiger partial charge in [0, 0.05) is 5.56 Å². The summed E-state index contributed by atoms with van der Waals surface area (Å²) in [7, 11) is 6.83. The Balaban J connectivity index is 2.38. The van der Waals surface area contributed by atoms with Crippen LogP contribution in [0.4, 0.5) is 5.69 Å². The number of nitro groups is 1. The third-order valence-corrected chi connectivity index (χ3v) is 4.52. The Labute approximate surface area is 189 Å². The summed E-state index contributed by atoms with van der Waals surface area (Å²) in [5, 5.41) is 11.4. The molecule has 177 valence electrons. The molecule has 2 rings (SSSR count). The minimum absolute atomic E-state index is 0.0322. The molecule has 0 aliphatic heterocycles. The predicted octanol–water partition coefficient (Wildman–Crippen LogP) is 2.51. The lowest BCUT2D eigenvalue weighted by molar-refractivity contribution is -0.385. The van der Waals surface area contributed by atoms with E-state index in [-0.39, 0.29) is 45.6 Å². The second-order valence-corrected chi connectivity index (χ2v) is 6.24. The number of methoxy groups -OCH3 is 5. The summed E-state index contributed by atoms with van der Waals surface area (Å²) >= 11 is 0. The van der Waals surface area contributed by atoms with Gasteiger partial charge >= 0.3 is 12.4 Å². The first-order valence-electron chi connectivity index (χ1n) is 9.23. The molecule has 0 fully saturated rings. The van der Waals surface area contributed by atoms with Crippen LogP contribution < -0.4 is 23.7 Å². The second kappa shape index (κ2) is 11.4. The third-order valence-electron chi connectivity index (χ3n) is 4.52. The molecule has 2 aromatic rings. The summed E-state index contributed by atoms with van der Waals surface area (Å²) in [5.74, 6) is -0.0192. The molecular weight excluding hydrogens is 442 g/mol. The molecule has 2 aromatic carbocycles. The van der Waals surface area contributed by atoms with E-state index in [0.29, 0.717) is 0 Å². The van der Waals surface area contributed by atoms with Crippen LogP contribution in [-0.2, 0) is 25.7 Å². The van der Waals surface area contributed by atoms with E-state index in [4.69, 9.17) is 33.2 Å². The van der Waals surface area contributed by atoms with E-state index in [0.717, 1.165) is 6.07 Å². The van der Waals surface area contributed by atoms with Crippen LogP contribution >= 0.6 is 0 Å². The van der Waals surface area contributed by atoms with Gasteiger partial charge in [-0.15, -0.1) is 0 Å². The van der Waals surface area contributed by atoms with Crippen molar-refractivity contribution in [3.63, 3.8) is 0 Å². The molecular formula is C21H22NO11. The van der Waals surface area contributed by atoms with E-state index in [9.17, 15) is 19.7 Å². The van der Waals surface area contributed by atoms with E-state index >= 15 is 0 Å². The van der Waals surface area contributed by atoms with Gasteiger partial charge in [-0.1, -0.05) is 0 Å². The first-order chi connectivity index (χ1) is 15.8. The topological polar surface area (TPSA) is 142 Å². The highest BCUT2D eigenvalue weighted by Crippen LogP contribution is 2.40. The molecule has 0 aliphatic carbocycles. The van der Waals surface area contributed by atoms with E-state index in [1.807, 2.05) is 0 Å². The van der Waals surface area contributed by atoms with Gasteiger partial charge in [0.2, 0.25) is 11.9 Å². The summed E-state index contributed by atoms with van der Waals surface area (Å²) < 4.78 is 35.9. The zero-order valence-corrected chi connectivity index (χ0v) is 18.5. The molecule has 0 aromatic heterocycles. The summed E-state index contributed by atoms with van der Waals surface area (Å²) in [6.07, 6.45) is -1.56. The molecule has 33 heavy (non-hydrogen) atoms. The molecule has 0 spiro atoms. The van der Waals surface area contributed by atoms with Crippen LogP contribution in [0.1, 0.15) is 17.2 Å². The van der Waals surface area contributed by atoms with Gasteiger partial charge in [0.1, 0.15) is 6.61 Å². The zero-order valence-electron chi connectivity index (χ0n) is 18.5. The van der Waals surface area contributed by atoms with Crippen molar-refractivity contribution in [1.29, 1.82) is 0 Å². The number of nitrogens with zero attached hydrogens (tertiary/aromatic N) is 1. The van der Waals surface area contributed by atoms with Crippen molar-refractivity contribution in [2.75, 3.05) is 35.5 Å². The lowest BCUT2D eigenvalue weighted by Crippen LogP contribution is -2.19. The fraction of sp³-hybridized carbons (Fsp3) is 0.333. The summed E-state index contributed by atoms with van der Waals surface area (Å²) in [4.78, 5) is 34.5. The number of carbonyl (C=O) groups is 1. The van der Waals surface area contributed by atoms with Crippen LogP contribution in [0.3, 0.4) is 0 Å². The molecule has 1 atom stereocenters. The SMILES string of the molecule is COc1cc(COC(=O)C(O[C]=O)c2cc(OC)c(OC)c(OC)c2)c([N+](=O)[O-])cc1OC. The van der Waals surface area contributed by atoms with Gasteiger partial charge in [0.05, 0.1) is 52.1 Å². The Morgan fingerprint density at radius 2 is 1.45 bits per heavy atom. The molecule has 0 heterocycles. The van der Waals surface area contributed by atoms with Crippen molar-refractivity contribution in [2.45, 2.75) is 12.7 Å². The number of hydrogen-bond donors (Lipinski definition) is 0. The highest BCUT2D eigenvalue weighted by molar-refractivity contribution is 5.79. The van der Waals surface area contributed by atoms with Gasteiger partial charge in [-0.2, -0.15) is 0 Å². The normalized spacial score (nSPS) is 11.1. The molecule has 1 unspecified atom stereocenters. The quantitative estimate of drug-likeness (QED) is 0.260. The number of hydrogen-bond acceptors (Lipinski definition) is 11. The van der Waals surface area contributed by atoms with E-state index in [2.05, 4.69) is 0 Å². The molecule has 0 saturated heterocycles. The number of carbonyl (C=O) groups excluding carboxylic acids is 2. The first kappa shape index (κ1) is 25.0. The van der Waals surface area contributed by atoms with Crippen molar-refractivity contribution < 1.29 is 47.7 Å². The van der Waals surface area contributed by atoms with Crippen LogP contribution in [0.5, 0.6) is 28.7 Å². The largest absolute Gasteiger partial charge is 0.493 e. The Hall–Kier alpha value is -4.22. The fourth-order valence-corrected chi connectivity index (χ4v) is 2.97. The van der Waals surface area contributed by atoms with Crippen LogP contribution in [0, 0.1) is 10.1 Å².